The summed E-state index contributed by atoms with van der Waals surface area (Å²) in [6.07, 6.45) is -1.88. The van der Waals surface area contributed by atoms with Crippen LogP contribution in [-0.4, -0.2) is 34.1 Å². The van der Waals surface area contributed by atoms with Gasteiger partial charge in [0.2, 0.25) is 0 Å². The molecule has 1 aromatic heterocycles. The summed E-state index contributed by atoms with van der Waals surface area (Å²) in [6.45, 7) is 5.57. The van der Waals surface area contributed by atoms with Gasteiger partial charge in [-0.05, 0) is 50.6 Å². The first kappa shape index (κ1) is 22.2. The molecule has 32 heavy (non-hydrogen) atoms. The molecule has 0 saturated heterocycles. The van der Waals surface area contributed by atoms with Gasteiger partial charge >= 0.3 is 6.09 Å². The molecule has 0 spiro atoms. The number of ether oxygens (including phenoxy) is 2. The number of nitrogens with zero attached hydrogens (tertiary/aromatic N) is 1. The molecule has 1 aliphatic rings. The molecule has 0 bridgehead atoms. The number of aromatic nitrogens is 1. The molecule has 2 aromatic carbocycles. The van der Waals surface area contributed by atoms with Crippen molar-refractivity contribution < 1.29 is 19.4 Å². The first-order valence-electron chi connectivity index (χ1n) is 10.4. The average Bonchev–Trinajstić information content (AvgIpc) is 2.75. The quantitative estimate of drug-likeness (QED) is 0.618. The normalized spacial score (nSPS) is 19.2. The number of carbonyl (C=O) groups is 1. The highest BCUT2D eigenvalue weighted by molar-refractivity contribution is 6.30. The molecule has 0 fully saturated rings. The first-order chi connectivity index (χ1) is 15.2. The van der Waals surface area contributed by atoms with Crippen LogP contribution < -0.4 is 15.6 Å². The fraction of sp³-hybridized carbons (Fsp3) is 0.333. The number of aliphatic hydroxyl groups is 1. The number of benzene rings is 2. The molecule has 3 aromatic rings. The van der Waals surface area contributed by atoms with E-state index >= 15 is 0 Å². The number of para-hydroxylation sites is 1. The number of carbonyl (C=O) groups excluding carboxylic acids is 1. The molecule has 2 heterocycles. The lowest BCUT2D eigenvalue weighted by Crippen LogP contribution is -2.55. The number of aliphatic hydroxyl groups excluding tert-OH is 1. The standard InChI is InChI=1S/C24H25ClN2O5/c1-4-31-23(30)26-19-18-20(32-24(2,3)21(19)28)16-7-5-6-8-17(16)27(22(18)29)13-14-9-11-15(25)12-10-14/h5-12,19,21,28H,4,13H2,1-3H3,(H,26,30)/t19-,21+/m0/s1. The average molecular weight is 457 g/mol. The van der Waals surface area contributed by atoms with Crippen LogP contribution in [0.4, 0.5) is 4.79 Å². The maximum absolute atomic E-state index is 13.8. The molecule has 1 amide bonds. The Balaban J connectivity index is 1.94. The number of rotatable bonds is 4. The van der Waals surface area contributed by atoms with Crippen LogP contribution in [0.5, 0.6) is 5.75 Å². The van der Waals surface area contributed by atoms with E-state index in [2.05, 4.69) is 5.32 Å². The number of pyridine rings is 1. The summed E-state index contributed by atoms with van der Waals surface area (Å²) in [4.78, 5) is 26.0. The minimum absolute atomic E-state index is 0.167. The largest absolute Gasteiger partial charge is 0.484 e. The summed E-state index contributed by atoms with van der Waals surface area (Å²) in [6, 6.07) is 13.7. The zero-order valence-electron chi connectivity index (χ0n) is 18.1. The van der Waals surface area contributed by atoms with E-state index in [4.69, 9.17) is 21.1 Å². The molecular weight excluding hydrogens is 432 g/mol. The van der Waals surface area contributed by atoms with E-state index < -0.39 is 23.8 Å². The second-order valence-electron chi connectivity index (χ2n) is 8.27. The van der Waals surface area contributed by atoms with Crippen LogP contribution in [0.3, 0.4) is 0 Å². The van der Waals surface area contributed by atoms with Crippen LogP contribution in [0.25, 0.3) is 10.9 Å². The van der Waals surface area contributed by atoms with Crippen molar-refractivity contribution in [3.63, 3.8) is 0 Å². The van der Waals surface area contributed by atoms with Crippen molar-refractivity contribution >= 4 is 28.6 Å². The first-order valence-corrected chi connectivity index (χ1v) is 10.8. The number of hydrogen-bond acceptors (Lipinski definition) is 5. The van der Waals surface area contributed by atoms with E-state index in [0.29, 0.717) is 21.7 Å². The topological polar surface area (TPSA) is 89.8 Å². The third-order valence-electron chi connectivity index (χ3n) is 5.67. The summed E-state index contributed by atoms with van der Waals surface area (Å²) < 4.78 is 12.8. The molecule has 4 rings (SSSR count). The van der Waals surface area contributed by atoms with Gasteiger partial charge in [0, 0.05) is 10.4 Å². The Labute approximate surface area is 190 Å². The van der Waals surface area contributed by atoms with E-state index in [9.17, 15) is 14.7 Å². The van der Waals surface area contributed by atoms with Gasteiger partial charge in [-0.2, -0.15) is 0 Å². The van der Waals surface area contributed by atoms with Crippen LogP contribution in [0.15, 0.2) is 53.3 Å². The number of alkyl carbamates (subject to hydrolysis) is 1. The highest BCUT2D eigenvalue weighted by Gasteiger charge is 2.46. The number of halogens is 1. The lowest BCUT2D eigenvalue weighted by Gasteiger charge is -2.42. The number of nitrogens with one attached hydrogen (secondary N) is 1. The SMILES string of the molecule is CCOC(=O)N[C@H]1c2c(c3ccccc3n(Cc3ccc(Cl)cc3)c2=O)OC(C)(C)[C@@H]1O. The van der Waals surface area contributed by atoms with E-state index in [0.717, 1.165) is 5.56 Å². The lowest BCUT2D eigenvalue weighted by molar-refractivity contribution is -0.0632. The van der Waals surface area contributed by atoms with Crippen LogP contribution in [-0.2, 0) is 11.3 Å². The van der Waals surface area contributed by atoms with Gasteiger partial charge in [0.25, 0.3) is 5.56 Å². The van der Waals surface area contributed by atoms with Gasteiger partial charge in [-0.3, -0.25) is 4.79 Å². The highest BCUT2D eigenvalue weighted by atomic mass is 35.5. The molecule has 7 nitrogen and oxygen atoms in total. The Hall–Kier alpha value is -3.03. The lowest BCUT2D eigenvalue weighted by atomic mass is 9.86. The molecule has 0 unspecified atom stereocenters. The Morgan fingerprint density at radius 2 is 1.91 bits per heavy atom. The summed E-state index contributed by atoms with van der Waals surface area (Å²) >= 11 is 6.01. The summed E-state index contributed by atoms with van der Waals surface area (Å²) in [5.74, 6) is 0.357. The third-order valence-corrected chi connectivity index (χ3v) is 5.92. The number of amides is 1. The molecule has 2 atom stereocenters. The van der Waals surface area contributed by atoms with E-state index in [1.807, 2.05) is 36.4 Å². The minimum atomic E-state index is -1.17. The molecule has 2 N–H and O–H groups in total. The van der Waals surface area contributed by atoms with Crippen LogP contribution in [0.2, 0.25) is 5.02 Å². The zero-order chi connectivity index (χ0) is 23.0. The van der Waals surface area contributed by atoms with Crippen LogP contribution >= 0.6 is 11.6 Å². The van der Waals surface area contributed by atoms with E-state index in [1.165, 1.54) is 0 Å². The maximum Gasteiger partial charge on any atom is 0.407 e. The maximum atomic E-state index is 13.8. The monoisotopic (exact) mass is 456 g/mol. The fourth-order valence-electron chi connectivity index (χ4n) is 4.05. The third kappa shape index (κ3) is 3.94. The second-order valence-corrected chi connectivity index (χ2v) is 8.71. The molecule has 0 aliphatic carbocycles. The van der Waals surface area contributed by atoms with Crippen LogP contribution in [0, 0.1) is 0 Å². The molecule has 168 valence electrons. The van der Waals surface area contributed by atoms with Crippen molar-refractivity contribution in [1.82, 2.24) is 9.88 Å². The number of hydrogen-bond donors (Lipinski definition) is 2. The smallest absolute Gasteiger partial charge is 0.407 e. The molecule has 0 saturated carbocycles. The molecular formula is C24H25ClN2O5. The number of fused-ring (bicyclic) bond motifs is 3. The second kappa shape index (κ2) is 8.48. The molecule has 8 heteroatoms. The minimum Gasteiger partial charge on any atom is -0.484 e. The van der Waals surface area contributed by atoms with Crippen molar-refractivity contribution in [3.05, 3.63) is 75.0 Å². The summed E-state index contributed by atoms with van der Waals surface area (Å²) in [7, 11) is 0. The molecule has 1 aliphatic heterocycles. The van der Waals surface area contributed by atoms with E-state index in [-0.39, 0.29) is 24.3 Å². The predicted octanol–water partition coefficient (Wildman–Crippen LogP) is 4.02. The van der Waals surface area contributed by atoms with Gasteiger partial charge in [0.15, 0.2) is 0 Å². The van der Waals surface area contributed by atoms with E-state index in [1.54, 1.807) is 37.5 Å². The van der Waals surface area contributed by atoms with Gasteiger partial charge in [-0.15, -0.1) is 0 Å². The van der Waals surface area contributed by atoms with Gasteiger partial charge in [0.05, 0.1) is 30.3 Å². The van der Waals surface area contributed by atoms with Gasteiger partial charge in [-0.25, -0.2) is 4.79 Å². The van der Waals surface area contributed by atoms with Crippen molar-refractivity contribution in [2.24, 2.45) is 0 Å². The summed E-state index contributed by atoms with van der Waals surface area (Å²) in [5.41, 5.74) is 0.360. The Morgan fingerprint density at radius 1 is 1.22 bits per heavy atom. The van der Waals surface area contributed by atoms with Crippen molar-refractivity contribution in [3.8, 4) is 5.75 Å². The van der Waals surface area contributed by atoms with Gasteiger partial charge in [-0.1, -0.05) is 35.9 Å². The van der Waals surface area contributed by atoms with Gasteiger partial charge < -0.3 is 24.5 Å². The van der Waals surface area contributed by atoms with Crippen LogP contribution in [0.1, 0.15) is 37.9 Å². The Bertz CT molecular complexity index is 1220. The Kier molecular flexibility index (Phi) is 5.88. The van der Waals surface area contributed by atoms with Gasteiger partial charge in [0.1, 0.15) is 17.5 Å². The highest BCUT2D eigenvalue weighted by Crippen LogP contribution is 2.42. The summed E-state index contributed by atoms with van der Waals surface area (Å²) in [5, 5.41) is 15.0. The fourth-order valence-corrected chi connectivity index (χ4v) is 4.17. The van der Waals surface area contributed by atoms with Crippen molar-refractivity contribution in [2.45, 2.75) is 45.1 Å². The Morgan fingerprint density at radius 3 is 2.59 bits per heavy atom. The van der Waals surface area contributed by atoms with Crippen molar-refractivity contribution in [1.29, 1.82) is 0 Å². The predicted molar refractivity (Wildman–Crippen MR) is 122 cm³/mol. The van der Waals surface area contributed by atoms with Crippen molar-refractivity contribution in [2.75, 3.05) is 6.61 Å². The zero-order valence-corrected chi connectivity index (χ0v) is 18.8. The molecule has 0 radical (unpaired) electrons.